The van der Waals surface area contributed by atoms with Gasteiger partial charge in [0.1, 0.15) is 11.7 Å². The van der Waals surface area contributed by atoms with Gasteiger partial charge in [-0.1, -0.05) is 12.1 Å². The molecule has 0 aromatic heterocycles. The van der Waals surface area contributed by atoms with Gasteiger partial charge >= 0.3 is 5.97 Å². The van der Waals surface area contributed by atoms with Crippen LogP contribution < -0.4 is 10.1 Å². The largest absolute Gasteiger partial charge is 0.497 e. The lowest BCUT2D eigenvalue weighted by molar-refractivity contribution is -0.146. The Balaban J connectivity index is 2.37. The van der Waals surface area contributed by atoms with Crippen LogP contribution in [0.15, 0.2) is 24.3 Å². The molecule has 0 spiro atoms. The van der Waals surface area contributed by atoms with E-state index in [2.05, 4.69) is 5.32 Å². The van der Waals surface area contributed by atoms with Crippen molar-refractivity contribution >= 4 is 11.9 Å². The smallest absolute Gasteiger partial charge is 0.315 e. The second-order valence-electron chi connectivity index (χ2n) is 3.95. The van der Waals surface area contributed by atoms with Crippen molar-refractivity contribution in [3.05, 3.63) is 29.8 Å². The molecular formula is C13H17NO4. The summed E-state index contributed by atoms with van der Waals surface area (Å²) < 4.78 is 5.03. The fourth-order valence-electron chi connectivity index (χ4n) is 1.39. The number of benzene rings is 1. The minimum Gasteiger partial charge on any atom is -0.497 e. The summed E-state index contributed by atoms with van der Waals surface area (Å²) in [6, 6.07) is 7.51. The van der Waals surface area contributed by atoms with Gasteiger partial charge in [-0.3, -0.25) is 9.59 Å². The van der Waals surface area contributed by atoms with Gasteiger partial charge in [0, 0.05) is 6.54 Å². The van der Waals surface area contributed by atoms with Crippen molar-refractivity contribution in [2.75, 3.05) is 13.7 Å². The molecule has 1 amide bonds. The number of carboxylic acids is 1. The maximum atomic E-state index is 11.4. The first-order valence-electron chi connectivity index (χ1n) is 5.68. The zero-order chi connectivity index (χ0) is 13.5. The normalized spacial score (nSPS) is 11.7. The molecule has 5 nitrogen and oxygen atoms in total. The molecule has 0 aliphatic rings. The molecule has 5 heteroatoms. The molecule has 0 heterocycles. The highest BCUT2D eigenvalue weighted by molar-refractivity contribution is 5.96. The number of carboxylic acid groups (broad SMARTS) is 1. The molecule has 98 valence electrons. The summed E-state index contributed by atoms with van der Waals surface area (Å²) in [4.78, 5) is 21.9. The molecule has 0 aliphatic carbocycles. The fourth-order valence-corrected chi connectivity index (χ4v) is 1.39. The Labute approximate surface area is 106 Å². The van der Waals surface area contributed by atoms with Crippen LogP contribution in [-0.2, 0) is 16.0 Å². The van der Waals surface area contributed by atoms with E-state index in [0.717, 1.165) is 11.3 Å². The molecule has 1 rings (SSSR count). The lowest BCUT2D eigenvalue weighted by atomic mass is 10.1. The van der Waals surface area contributed by atoms with Crippen molar-refractivity contribution in [3.63, 3.8) is 0 Å². The monoisotopic (exact) mass is 251 g/mol. The third-order valence-electron chi connectivity index (χ3n) is 2.64. The van der Waals surface area contributed by atoms with E-state index in [-0.39, 0.29) is 0 Å². The first-order chi connectivity index (χ1) is 8.54. The van der Waals surface area contributed by atoms with Crippen molar-refractivity contribution in [2.45, 2.75) is 13.3 Å². The number of ether oxygens (including phenoxy) is 1. The van der Waals surface area contributed by atoms with Gasteiger partial charge in [-0.2, -0.15) is 0 Å². The third kappa shape index (κ3) is 4.08. The standard InChI is InChI=1S/C13H17NO4/c1-9(13(16)17)12(15)14-8-7-10-3-5-11(18-2)6-4-10/h3-6,9H,7-8H2,1-2H3,(H,14,15)(H,16,17). The molecule has 1 unspecified atom stereocenters. The van der Waals surface area contributed by atoms with E-state index in [1.807, 2.05) is 24.3 Å². The van der Waals surface area contributed by atoms with Gasteiger partial charge in [-0.15, -0.1) is 0 Å². The van der Waals surface area contributed by atoms with Gasteiger partial charge in [-0.25, -0.2) is 0 Å². The molecule has 0 radical (unpaired) electrons. The molecule has 1 aromatic rings. The SMILES string of the molecule is COc1ccc(CCNC(=O)C(C)C(=O)O)cc1. The van der Waals surface area contributed by atoms with Crippen LogP contribution in [0.3, 0.4) is 0 Å². The van der Waals surface area contributed by atoms with Crippen LogP contribution in [0.4, 0.5) is 0 Å². The zero-order valence-corrected chi connectivity index (χ0v) is 10.5. The summed E-state index contributed by atoms with van der Waals surface area (Å²) in [5.74, 6) is -1.81. The summed E-state index contributed by atoms with van der Waals surface area (Å²) in [7, 11) is 1.60. The van der Waals surface area contributed by atoms with Crippen LogP contribution in [0.1, 0.15) is 12.5 Å². The minimum atomic E-state index is -1.11. The summed E-state index contributed by atoms with van der Waals surface area (Å²) in [5, 5.41) is 11.2. The van der Waals surface area contributed by atoms with Crippen molar-refractivity contribution in [3.8, 4) is 5.75 Å². The maximum absolute atomic E-state index is 11.4. The molecule has 1 atom stereocenters. The van der Waals surface area contributed by atoms with E-state index >= 15 is 0 Å². The Morgan fingerprint density at radius 1 is 1.33 bits per heavy atom. The summed E-state index contributed by atoms with van der Waals surface area (Å²) >= 11 is 0. The Morgan fingerprint density at radius 2 is 1.94 bits per heavy atom. The van der Waals surface area contributed by atoms with E-state index in [4.69, 9.17) is 9.84 Å². The van der Waals surface area contributed by atoms with Gasteiger partial charge in [0.05, 0.1) is 7.11 Å². The average Bonchev–Trinajstić information content (AvgIpc) is 2.38. The molecule has 1 aromatic carbocycles. The molecule has 0 saturated carbocycles. The van der Waals surface area contributed by atoms with Crippen molar-refractivity contribution in [1.29, 1.82) is 0 Å². The van der Waals surface area contributed by atoms with Gasteiger partial charge in [-0.05, 0) is 31.0 Å². The van der Waals surface area contributed by atoms with Gasteiger partial charge in [0.2, 0.25) is 5.91 Å². The molecule has 0 fully saturated rings. The lowest BCUT2D eigenvalue weighted by Crippen LogP contribution is -2.34. The van der Waals surface area contributed by atoms with Crippen molar-refractivity contribution in [1.82, 2.24) is 5.32 Å². The number of methoxy groups -OCH3 is 1. The number of aliphatic carboxylic acids is 1. The predicted molar refractivity (Wildman–Crippen MR) is 66.5 cm³/mol. The van der Waals surface area contributed by atoms with E-state index in [0.29, 0.717) is 13.0 Å². The van der Waals surface area contributed by atoms with Gasteiger partial charge in [0.15, 0.2) is 0 Å². The topological polar surface area (TPSA) is 75.6 Å². The Morgan fingerprint density at radius 3 is 2.44 bits per heavy atom. The highest BCUT2D eigenvalue weighted by Gasteiger charge is 2.19. The second kappa shape index (κ2) is 6.64. The van der Waals surface area contributed by atoms with Gasteiger partial charge < -0.3 is 15.2 Å². The number of amides is 1. The molecule has 2 N–H and O–H groups in total. The van der Waals surface area contributed by atoms with Crippen molar-refractivity contribution in [2.24, 2.45) is 5.92 Å². The number of nitrogens with one attached hydrogen (secondary N) is 1. The molecule has 18 heavy (non-hydrogen) atoms. The molecule has 0 bridgehead atoms. The Kier molecular flexibility index (Phi) is 5.17. The number of carbonyl (C=O) groups is 2. The van der Waals surface area contributed by atoms with Crippen LogP contribution in [0, 0.1) is 5.92 Å². The quantitative estimate of drug-likeness (QED) is 0.742. The summed E-state index contributed by atoms with van der Waals surface area (Å²) in [6.07, 6.45) is 0.655. The third-order valence-corrected chi connectivity index (χ3v) is 2.64. The number of carbonyl (C=O) groups excluding carboxylic acids is 1. The maximum Gasteiger partial charge on any atom is 0.315 e. The number of rotatable bonds is 6. The van der Waals surface area contributed by atoms with E-state index in [1.165, 1.54) is 6.92 Å². The average molecular weight is 251 g/mol. The molecule has 0 saturated heterocycles. The van der Waals surface area contributed by atoms with Crippen LogP contribution in [0.25, 0.3) is 0 Å². The highest BCUT2D eigenvalue weighted by Crippen LogP contribution is 2.11. The number of hydrogen-bond acceptors (Lipinski definition) is 3. The second-order valence-corrected chi connectivity index (χ2v) is 3.95. The fraction of sp³-hybridized carbons (Fsp3) is 0.385. The highest BCUT2D eigenvalue weighted by atomic mass is 16.5. The Bertz CT molecular complexity index is 414. The van der Waals surface area contributed by atoms with E-state index < -0.39 is 17.8 Å². The summed E-state index contributed by atoms with van der Waals surface area (Å²) in [5.41, 5.74) is 1.05. The first-order valence-corrected chi connectivity index (χ1v) is 5.68. The zero-order valence-electron chi connectivity index (χ0n) is 10.5. The molecule has 0 aliphatic heterocycles. The van der Waals surface area contributed by atoms with Gasteiger partial charge in [0.25, 0.3) is 0 Å². The first kappa shape index (κ1) is 14.0. The lowest BCUT2D eigenvalue weighted by Gasteiger charge is -2.08. The Hall–Kier alpha value is -2.04. The van der Waals surface area contributed by atoms with Crippen LogP contribution in [0.2, 0.25) is 0 Å². The minimum absolute atomic E-state index is 0.419. The molecular weight excluding hydrogens is 234 g/mol. The van der Waals surface area contributed by atoms with E-state index in [1.54, 1.807) is 7.11 Å². The van der Waals surface area contributed by atoms with Crippen LogP contribution >= 0.6 is 0 Å². The van der Waals surface area contributed by atoms with E-state index in [9.17, 15) is 9.59 Å². The van der Waals surface area contributed by atoms with Crippen LogP contribution in [0.5, 0.6) is 5.75 Å². The van der Waals surface area contributed by atoms with Crippen LogP contribution in [-0.4, -0.2) is 30.6 Å². The summed E-state index contributed by atoms with van der Waals surface area (Å²) in [6.45, 7) is 1.79. The predicted octanol–water partition coefficient (Wildman–Crippen LogP) is 1.07. The number of hydrogen-bond donors (Lipinski definition) is 2. The van der Waals surface area contributed by atoms with Crippen molar-refractivity contribution < 1.29 is 19.4 Å².